The van der Waals surface area contributed by atoms with Crippen LogP contribution in [-0.4, -0.2) is 16.7 Å². The summed E-state index contributed by atoms with van der Waals surface area (Å²) >= 11 is 0. The number of carboxylic acid groups (broad SMARTS) is 1. The lowest BCUT2D eigenvalue weighted by molar-refractivity contribution is -0.403. The van der Waals surface area contributed by atoms with Gasteiger partial charge in [0.1, 0.15) is 5.60 Å². The van der Waals surface area contributed by atoms with E-state index in [1.165, 1.54) is 0 Å². The number of hydrogen-bond acceptors (Lipinski definition) is 2. The molecule has 0 aromatic heterocycles. The highest BCUT2D eigenvalue weighted by molar-refractivity contribution is 5.75. The van der Waals surface area contributed by atoms with Crippen molar-refractivity contribution in [2.45, 2.75) is 44.1 Å². The number of aliphatic carboxylic acids is 1. The van der Waals surface area contributed by atoms with Crippen LogP contribution in [-0.2, 0) is 14.9 Å². The van der Waals surface area contributed by atoms with Gasteiger partial charge in [-0.1, -0.05) is 0 Å². The number of carboxylic acids is 1. The minimum absolute atomic E-state index is 0.399. The van der Waals surface area contributed by atoms with Gasteiger partial charge in [-0.15, -0.1) is 0 Å². The second-order valence-electron chi connectivity index (χ2n) is 5.81. The third-order valence-corrected chi connectivity index (χ3v) is 4.64. The van der Waals surface area contributed by atoms with Crippen LogP contribution < -0.4 is 0 Å². The maximum absolute atomic E-state index is 11.4. The summed E-state index contributed by atoms with van der Waals surface area (Å²) in [6, 6.07) is 0. The first-order chi connectivity index (χ1) is 7.07. The number of hydrogen-bond donors (Lipinski definition) is 1. The topological polar surface area (TPSA) is 66.4 Å². The summed E-state index contributed by atoms with van der Waals surface area (Å²) in [7, 11) is 0. The molecule has 4 saturated carbocycles. The van der Waals surface area contributed by atoms with Gasteiger partial charge in [-0.05, 0) is 55.6 Å². The predicted octanol–water partition coefficient (Wildman–Crippen LogP) is 1.77. The van der Waals surface area contributed by atoms with Gasteiger partial charge in [0.05, 0.1) is 5.41 Å². The molecule has 2 unspecified atom stereocenters. The Labute approximate surface area is 88.2 Å². The molecule has 4 fully saturated rings. The quantitative estimate of drug-likeness (QED) is 0.559. The first-order valence-electron chi connectivity index (χ1n) is 5.62. The second kappa shape index (κ2) is 2.74. The standard InChI is InChI=1S/C11H15O4/c12-9(13)10-2-7-1-8(3-10)5-11(4-7,6-10)15-14/h7-8H,1-6H2,(H,12,13)/t7-,8+,10?,11?. The Hall–Kier alpha value is -0.610. The molecule has 0 aliphatic heterocycles. The molecule has 4 bridgehead atoms. The molecule has 4 aliphatic rings. The third-order valence-electron chi connectivity index (χ3n) is 4.64. The van der Waals surface area contributed by atoms with E-state index in [0.29, 0.717) is 18.3 Å². The van der Waals surface area contributed by atoms with Crippen LogP contribution in [0.2, 0.25) is 0 Å². The van der Waals surface area contributed by atoms with Crippen molar-refractivity contribution < 1.29 is 20.0 Å². The fourth-order valence-electron chi connectivity index (χ4n) is 4.53. The molecular formula is C11H15O4. The molecule has 15 heavy (non-hydrogen) atoms. The van der Waals surface area contributed by atoms with Gasteiger partial charge in [-0.25, -0.2) is 0 Å². The van der Waals surface area contributed by atoms with Crippen LogP contribution in [0.3, 0.4) is 0 Å². The average molecular weight is 211 g/mol. The van der Waals surface area contributed by atoms with E-state index in [0.717, 1.165) is 32.1 Å². The molecule has 0 saturated heterocycles. The van der Waals surface area contributed by atoms with E-state index in [2.05, 4.69) is 4.89 Å². The summed E-state index contributed by atoms with van der Waals surface area (Å²) in [5.41, 5.74) is -1.29. The first kappa shape index (κ1) is 9.60. The minimum atomic E-state index is -0.724. The van der Waals surface area contributed by atoms with E-state index in [9.17, 15) is 15.2 Å². The Morgan fingerprint density at radius 3 is 2.27 bits per heavy atom. The summed E-state index contributed by atoms with van der Waals surface area (Å²) in [6.07, 6.45) is 4.60. The van der Waals surface area contributed by atoms with Gasteiger partial charge < -0.3 is 5.11 Å². The van der Waals surface area contributed by atoms with Gasteiger partial charge in [0.25, 0.3) is 0 Å². The van der Waals surface area contributed by atoms with E-state index < -0.39 is 17.0 Å². The van der Waals surface area contributed by atoms with Crippen molar-refractivity contribution in [2.75, 3.05) is 0 Å². The molecule has 0 aromatic rings. The van der Waals surface area contributed by atoms with Crippen LogP contribution in [0.4, 0.5) is 0 Å². The first-order valence-corrected chi connectivity index (χ1v) is 5.62. The van der Waals surface area contributed by atoms with Gasteiger partial charge >= 0.3 is 5.97 Å². The average Bonchev–Trinajstić information content (AvgIpc) is 2.15. The molecule has 0 spiro atoms. The fourth-order valence-corrected chi connectivity index (χ4v) is 4.53. The van der Waals surface area contributed by atoms with Crippen molar-refractivity contribution in [3.05, 3.63) is 0 Å². The monoisotopic (exact) mass is 211 g/mol. The van der Waals surface area contributed by atoms with Crippen LogP contribution in [0.25, 0.3) is 0 Å². The molecule has 4 atom stereocenters. The summed E-state index contributed by atoms with van der Waals surface area (Å²) in [6.45, 7) is 0. The minimum Gasteiger partial charge on any atom is -0.481 e. The summed E-state index contributed by atoms with van der Waals surface area (Å²) < 4.78 is 0. The van der Waals surface area contributed by atoms with Gasteiger partial charge in [-0.2, -0.15) is 4.89 Å². The van der Waals surface area contributed by atoms with E-state index in [1.807, 2.05) is 0 Å². The van der Waals surface area contributed by atoms with Crippen LogP contribution >= 0.6 is 0 Å². The molecule has 1 N–H and O–H groups in total. The summed E-state index contributed by atoms with van der Waals surface area (Å²) in [5.74, 6) is 0.0747. The zero-order valence-electron chi connectivity index (χ0n) is 8.57. The van der Waals surface area contributed by atoms with Gasteiger partial charge in [0.15, 0.2) is 0 Å². The molecule has 0 aromatic carbocycles. The van der Waals surface area contributed by atoms with Crippen LogP contribution in [0.5, 0.6) is 0 Å². The lowest BCUT2D eigenvalue weighted by Gasteiger charge is -2.58. The molecule has 0 amide bonds. The van der Waals surface area contributed by atoms with Crippen LogP contribution in [0, 0.1) is 17.3 Å². The number of rotatable bonds is 2. The number of carbonyl (C=O) groups is 1. The normalized spacial score (nSPS) is 52.1. The van der Waals surface area contributed by atoms with Crippen LogP contribution in [0.1, 0.15) is 38.5 Å². The van der Waals surface area contributed by atoms with Crippen molar-refractivity contribution in [3.8, 4) is 0 Å². The summed E-state index contributed by atoms with van der Waals surface area (Å²) in [5, 5.41) is 20.2. The SMILES string of the molecule is [O]OC12C[C@H]3C[C@@H](C1)CC(C(=O)O)(C3)C2. The second-order valence-corrected chi connectivity index (χ2v) is 5.81. The molecule has 1 radical (unpaired) electrons. The van der Waals surface area contributed by atoms with Crippen molar-refractivity contribution in [1.29, 1.82) is 0 Å². The van der Waals surface area contributed by atoms with Gasteiger partial charge in [0.2, 0.25) is 0 Å². The largest absolute Gasteiger partial charge is 0.481 e. The van der Waals surface area contributed by atoms with E-state index in [-0.39, 0.29) is 0 Å². The predicted molar refractivity (Wildman–Crippen MR) is 49.3 cm³/mol. The Bertz CT molecular complexity index is 298. The maximum atomic E-state index is 11.4. The molecule has 4 aliphatic carbocycles. The zero-order valence-corrected chi connectivity index (χ0v) is 8.57. The van der Waals surface area contributed by atoms with Crippen molar-refractivity contribution >= 4 is 5.97 Å². The Morgan fingerprint density at radius 1 is 1.20 bits per heavy atom. The molecule has 4 nitrogen and oxygen atoms in total. The van der Waals surface area contributed by atoms with Crippen LogP contribution in [0.15, 0.2) is 0 Å². The lowest BCUT2D eigenvalue weighted by atomic mass is 9.48. The van der Waals surface area contributed by atoms with Crippen molar-refractivity contribution in [1.82, 2.24) is 0 Å². The highest BCUT2D eigenvalue weighted by atomic mass is 17.1. The zero-order chi connectivity index (χ0) is 10.7. The van der Waals surface area contributed by atoms with E-state index >= 15 is 0 Å². The summed E-state index contributed by atoms with van der Waals surface area (Å²) in [4.78, 5) is 15.8. The van der Waals surface area contributed by atoms with Crippen molar-refractivity contribution in [2.24, 2.45) is 17.3 Å². The lowest BCUT2D eigenvalue weighted by Crippen LogP contribution is -2.58. The van der Waals surface area contributed by atoms with Crippen molar-refractivity contribution in [3.63, 3.8) is 0 Å². The fraction of sp³-hybridized carbons (Fsp3) is 0.909. The van der Waals surface area contributed by atoms with Gasteiger partial charge in [0, 0.05) is 0 Å². The molecular weight excluding hydrogens is 196 g/mol. The maximum Gasteiger partial charge on any atom is 0.309 e. The highest BCUT2D eigenvalue weighted by Crippen LogP contribution is 2.62. The molecule has 4 rings (SSSR count). The molecule has 83 valence electrons. The third kappa shape index (κ3) is 1.18. The molecule has 4 heteroatoms. The highest BCUT2D eigenvalue weighted by Gasteiger charge is 2.62. The molecule has 0 heterocycles. The van der Waals surface area contributed by atoms with E-state index in [1.54, 1.807) is 0 Å². The Kier molecular flexibility index (Phi) is 1.75. The Morgan fingerprint density at radius 2 is 1.80 bits per heavy atom. The van der Waals surface area contributed by atoms with E-state index in [4.69, 9.17) is 0 Å². The van der Waals surface area contributed by atoms with Gasteiger partial charge in [-0.3, -0.25) is 4.79 Å². The smallest absolute Gasteiger partial charge is 0.309 e. The Balaban J connectivity index is 1.99.